The zero-order valence-corrected chi connectivity index (χ0v) is 8.60. The highest BCUT2D eigenvalue weighted by Crippen LogP contribution is 2.21. The number of carboxylic acids is 1. The molecular formula is C8H7ClO4S. The van der Waals surface area contributed by atoms with E-state index in [0.29, 0.717) is 9.21 Å². The van der Waals surface area contributed by atoms with Crippen molar-refractivity contribution in [2.45, 2.75) is 0 Å². The lowest BCUT2D eigenvalue weighted by atomic mass is 10.3. The first-order chi connectivity index (χ1) is 6.59. The van der Waals surface area contributed by atoms with Crippen molar-refractivity contribution in [2.24, 2.45) is 0 Å². The Balaban J connectivity index is 2.39. The number of carbonyl (C=O) groups is 2. The molecule has 4 nitrogen and oxygen atoms in total. The Morgan fingerprint density at radius 1 is 1.43 bits per heavy atom. The molecule has 0 fully saturated rings. The van der Waals surface area contributed by atoms with Crippen molar-refractivity contribution in [1.82, 2.24) is 0 Å². The van der Waals surface area contributed by atoms with E-state index in [0.717, 1.165) is 11.3 Å². The Morgan fingerprint density at radius 2 is 2.14 bits per heavy atom. The molecule has 0 radical (unpaired) electrons. The average Bonchev–Trinajstić information content (AvgIpc) is 2.51. The summed E-state index contributed by atoms with van der Waals surface area (Å²) in [5, 5.41) is 8.25. The summed E-state index contributed by atoms with van der Waals surface area (Å²) in [7, 11) is 0. The van der Waals surface area contributed by atoms with E-state index in [-0.39, 0.29) is 12.4 Å². The molecule has 0 aliphatic rings. The van der Waals surface area contributed by atoms with Crippen LogP contribution < -0.4 is 0 Å². The standard InChI is InChI=1S/C8H7ClO4S/c9-7-2-1-6(14-7)5(10)3-13-4-8(11)12/h1-2H,3-4H2,(H,11,12). The third-order valence-electron chi connectivity index (χ3n) is 1.31. The predicted octanol–water partition coefficient (Wildman–Crippen LogP) is 1.69. The van der Waals surface area contributed by atoms with Crippen LogP contribution in [-0.2, 0) is 9.53 Å². The van der Waals surface area contributed by atoms with Crippen molar-refractivity contribution >= 4 is 34.7 Å². The molecule has 0 aliphatic carbocycles. The highest BCUT2D eigenvalue weighted by molar-refractivity contribution is 7.18. The summed E-state index contributed by atoms with van der Waals surface area (Å²) in [6.45, 7) is -0.700. The van der Waals surface area contributed by atoms with Gasteiger partial charge in [0.1, 0.15) is 13.2 Å². The SMILES string of the molecule is O=C(O)COCC(=O)c1ccc(Cl)s1. The van der Waals surface area contributed by atoms with Crippen LogP contribution in [-0.4, -0.2) is 30.1 Å². The summed E-state index contributed by atoms with van der Waals surface area (Å²) in [6, 6.07) is 3.19. The number of ketones is 1. The van der Waals surface area contributed by atoms with Crippen LogP contribution in [0.25, 0.3) is 0 Å². The summed E-state index contributed by atoms with van der Waals surface area (Å²) < 4.78 is 5.16. The number of hydrogen-bond donors (Lipinski definition) is 1. The van der Waals surface area contributed by atoms with Crippen LogP contribution in [0.1, 0.15) is 9.67 Å². The Labute approximate surface area is 89.1 Å². The molecule has 1 aromatic heterocycles. The van der Waals surface area contributed by atoms with Gasteiger partial charge in [0.05, 0.1) is 9.21 Å². The summed E-state index contributed by atoms with van der Waals surface area (Å²) in [6.07, 6.45) is 0. The fraction of sp³-hybridized carbons (Fsp3) is 0.250. The maximum atomic E-state index is 11.3. The van der Waals surface area contributed by atoms with Gasteiger partial charge in [-0.25, -0.2) is 4.79 Å². The van der Waals surface area contributed by atoms with Crippen molar-refractivity contribution in [3.63, 3.8) is 0 Å². The quantitative estimate of drug-likeness (QED) is 0.788. The van der Waals surface area contributed by atoms with Gasteiger partial charge in [0.15, 0.2) is 5.78 Å². The number of hydrogen-bond acceptors (Lipinski definition) is 4. The molecule has 0 unspecified atom stereocenters. The maximum absolute atomic E-state index is 11.3. The predicted molar refractivity (Wildman–Crippen MR) is 52.1 cm³/mol. The van der Waals surface area contributed by atoms with E-state index in [9.17, 15) is 9.59 Å². The van der Waals surface area contributed by atoms with Crippen molar-refractivity contribution in [1.29, 1.82) is 0 Å². The molecule has 1 aromatic rings. The molecule has 0 bridgehead atoms. The molecule has 1 heterocycles. The van der Waals surface area contributed by atoms with Crippen molar-refractivity contribution < 1.29 is 19.4 Å². The molecule has 6 heteroatoms. The number of Topliss-reactive ketones (excluding diaryl/α,β-unsaturated/α-hetero) is 1. The largest absolute Gasteiger partial charge is 0.480 e. The topological polar surface area (TPSA) is 63.6 Å². The van der Waals surface area contributed by atoms with Gasteiger partial charge in [0, 0.05) is 0 Å². The van der Waals surface area contributed by atoms with Gasteiger partial charge < -0.3 is 9.84 Å². The number of carbonyl (C=O) groups excluding carboxylic acids is 1. The van der Waals surface area contributed by atoms with Gasteiger partial charge in [-0.3, -0.25) is 4.79 Å². The second-order valence-electron chi connectivity index (χ2n) is 2.41. The van der Waals surface area contributed by atoms with Crippen LogP contribution in [0.4, 0.5) is 0 Å². The zero-order chi connectivity index (χ0) is 10.6. The van der Waals surface area contributed by atoms with Crippen molar-refractivity contribution in [3.8, 4) is 0 Å². The Hall–Kier alpha value is -0.910. The number of ether oxygens (including phenoxy) is 1. The van der Waals surface area contributed by atoms with Gasteiger partial charge in [-0.1, -0.05) is 11.6 Å². The monoisotopic (exact) mass is 234 g/mol. The van der Waals surface area contributed by atoms with E-state index < -0.39 is 12.6 Å². The third kappa shape index (κ3) is 3.45. The van der Waals surface area contributed by atoms with Crippen LogP contribution in [0.5, 0.6) is 0 Å². The maximum Gasteiger partial charge on any atom is 0.329 e. The molecule has 0 saturated carbocycles. The van der Waals surface area contributed by atoms with Gasteiger partial charge in [0.2, 0.25) is 0 Å². The fourth-order valence-corrected chi connectivity index (χ4v) is 1.73. The van der Waals surface area contributed by atoms with Gasteiger partial charge in [-0.15, -0.1) is 11.3 Å². The molecule has 0 atom stereocenters. The minimum absolute atomic E-state index is 0.233. The second-order valence-corrected chi connectivity index (χ2v) is 4.13. The zero-order valence-electron chi connectivity index (χ0n) is 7.03. The summed E-state index contributed by atoms with van der Waals surface area (Å²) in [5.41, 5.74) is 0. The Bertz CT molecular complexity index is 347. The molecule has 0 aromatic carbocycles. The molecule has 1 rings (SSSR count). The van der Waals surface area contributed by atoms with E-state index in [1.807, 2.05) is 0 Å². The van der Waals surface area contributed by atoms with Crippen LogP contribution in [0.3, 0.4) is 0 Å². The van der Waals surface area contributed by atoms with Gasteiger partial charge >= 0.3 is 5.97 Å². The number of aliphatic carboxylic acids is 1. The molecule has 76 valence electrons. The first-order valence-electron chi connectivity index (χ1n) is 3.67. The average molecular weight is 235 g/mol. The number of rotatable bonds is 5. The summed E-state index contributed by atoms with van der Waals surface area (Å²) >= 11 is 6.76. The Kier molecular flexibility index (Phi) is 4.06. The number of thiophene rings is 1. The van der Waals surface area contributed by atoms with Crippen molar-refractivity contribution in [2.75, 3.05) is 13.2 Å². The van der Waals surface area contributed by atoms with Crippen LogP contribution in [0, 0.1) is 0 Å². The molecule has 0 amide bonds. The lowest BCUT2D eigenvalue weighted by molar-refractivity contribution is -0.141. The van der Waals surface area contributed by atoms with Crippen LogP contribution >= 0.6 is 22.9 Å². The van der Waals surface area contributed by atoms with Crippen LogP contribution in [0.15, 0.2) is 12.1 Å². The third-order valence-corrected chi connectivity index (χ3v) is 2.58. The molecule has 0 saturated heterocycles. The highest BCUT2D eigenvalue weighted by atomic mass is 35.5. The fourth-order valence-electron chi connectivity index (χ4n) is 0.766. The van der Waals surface area contributed by atoms with Crippen LogP contribution in [0.2, 0.25) is 4.34 Å². The van der Waals surface area contributed by atoms with E-state index in [1.54, 1.807) is 12.1 Å². The molecule has 0 aliphatic heterocycles. The lowest BCUT2D eigenvalue weighted by Gasteiger charge is -1.97. The van der Waals surface area contributed by atoms with Gasteiger partial charge in [-0.2, -0.15) is 0 Å². The minimum Gasteiger partial charge on any atom is -0.480 e. The van der Waals surface area contributed by atoms with Gasteiger partial charge in [0.25, 0.3) is 0 Å². The molecule has 14 heavy (non-hydrogen) atoms. The second kappa shape index (κ2) is 5.09. The first-order valence-corrected chi connectivity index (χ1v) is 4.87. The van der Waals surface area contributed by atoms with Crippen molar-refractivity contribution in [3.05, 3.63) is 21.3 Å². The van der Waals surface area contributed by atoms with E-state index in [1.165, 1.54) is 0 Å². The number of carboxylic acid groups (broad SMARTS) is 1. The highest BCUT2D eigenvalue weighted by Gasteiger charge is 2.09. The molecule has 0 spiro atoms. The number of halogens is 1. The minimum atomic E-state index is -1.10. The summed E-state index contributed by atoms with van der Waals surface area (Å²) in [5.74, 6) is -1.36. The van der Waals surface area contributed by atoms with E-state index >= 15 is 0 Å². The van der Waals surface area contributed by atoms with Gasteiger partial charge in [-0.05, 0) is 12.1 Å². The normalized spacial score (nSPS) is 10.1. The Morgan fingerprint density at radius 3 is 2.64 bits per heavy atom. The molecule has 1 N–H and O–H groups in total. The smallest absolute Gasteiger partial charge is 0.329 e. The van der Waals surface area contributed by atoms with E-state index in [2.05, 4.69) is 4.74 Å². The summed E-state index contributed by atoms with van der Waals surface area (Å²) in [4.78, 5) is 21.8. The lowest BCUT2D eigenvalue weighted by Crippen LogP contribution is -2.13. The molecular weight excluding hydrogens is 228 g/mol. The first kappa shape index (κ1) is 11.2. The van der Waals surface area contributed by atoms with E-state index in [4.69, 9.17) is 16.7 Å².